The third-order valence-corrected chi connectivity index (χ3v) is 3.32. The number of aryl methyl sites for hydroxylation is 1. The van der Waals surface area contributed by atoms with E-state index in [1.54, 1.807) is 0 Å². The lowest BCUT2D eigenvalue weighted by Gasteiger charge is -2.08. The van der Waals surface area contributed by atoms with Gasteiger partial charge in [-0.15, -0.1) is 9.24 Å². The van der Waals surface area contributed by atoms with Crippen LogP contribution in [0.15, 0.2) is 24.3 Å². The fourth-order valence-electron chi connectivity index (χ4n) is 1.66. The van der Waals surface area contributed by atoms with Crippen molar-refractivity contribution in [2.45, 2.75) is 38.3 Å². The van der Waals surface area contributed by atoms with Gasteiger partial charge in [-0.2, -0.15) is 0 Å². The first-order valence-electron chi connectivity index (χ1n) is 6.17. The van der Waals surface area contributed by atoms with E-state index in [1.165, 1.54) is 24.8 Å². The molecule has 1 aromatic carbocycles. The number of carboxylic acid groups (broad SMARTS) is 1. The van der Waals surface area contributed by atoms with E-state index < -0.39 is 11.6 Å². The summed E-state index contributed by atoms with van der Waals surface area (Å²) in [5.74, 6) is -0.796. The Morgan fingerprint density at radius 2 is 2.00 bits per heavy atom. The summed E-state index contributed by atoms with van der Waals surface area (Å²) in [5, 5.41) is 15.9. The Balaban J connectivity index is 0.00000137. The van der Waals surface area contributed by atoms with Crippen LogP contribution in [0.4, 0.5) is 0 Å². The largest absolute Gasteiger partial charge is 0.481 e. The molecule has 102 valence electrons. The first kappa shape index (κ1) is 17.1. The summed E-state index contributed by atoms with van der Waals surface area (Å²) in [5.41, 5.74) is 1.61. The minimum Gasteiger partial charge on any atom is -0.481 e. The van der Waals surface area contributed by atoms with Gasteiger partial charge in [-0.25, -0.2) is 0 Å². The van der Waals surface area contributed by atoms with Crippen LogP contribution < -0.4 is 0 Å². The molecule has 0 spiro atoms. The van der Waals surface area contributed by atoms with Crippen LogP contribution in [0.25, 0.3) is 0 Å². The van der Waals surface area contributed by atoms with Gasteiger partial charge in [0, 0.05) is 7.11 Å². The smallest absolute Gasteiger partial charge is 0.314 e. The maximum Gasteiger partial charge on any atom is 0.314 e. The molecular formula is C14H23O3P. The van der Waals surface area contributed by atoms with Crippen LogP contribution >= 0.6 is 9.24 Å². The Hall–Kier alpha value is -0.920. The summed E-state index contributed by atoms with van der Waals surface area (Å²) < 4.78 is 0. The predicted octanol–water partition coefficient (Wildman–Crippen LogP) is 3.03. The Morgan fingerprint density at radius 3 is 2.56 bits per heavy atom. The second-order valence-corrected chi connectivity index (χ2v) is 4.68. The molecule has 0 heterocycles. The van der Waals surface area contributed by atoms with Crippen molar-refractivity contribution < 1.29 is 15.0 Å². The van der Waals surface area contributed by atoms with Gasteiger partial charge in [0.2, 0.25) is 0 Å². The molecule has 3 nitrogen and oxygen atoms in total. The van der Waals surface area contributed by atoms with Crippen molar-refractivity contribution in [2.24, 2.45) is 0 Å². The summed E-state index contributed by atoms with van der Waals surface area (Å²) in [4.78, 5) is 10.9. The van der Waals surface area contributed by atoms with E-state index in [-0.39, 0.29) is 0 Å². The molecule has 0 bridgehead atoms. The highest BCUT2D eigenvalue weighted by Crippen LogP contribution is 2.24. The molecule has 0 saturated carbocycles. The molecule has 0 aliphatic rings. The van der Waals surface area contributed by atoms with E-state index in [2.05, 4.69) is 22.2 Å². The number of carboxylic acids is 1. The normalized spacial score (nSPS) is 11.3. The van der Waals surface area contributed by atoms with Gasteiger partial charge < -0.3 is 10.2 Å². The molecule has 0 saturated heterocycles. The van der Waals surface area contributed by atoms with Crippen molar-refractivity contribution in [3.8, 4) is 0 Å². The van der Waals surface area contributed by atoms with Gasteiger partial charge in [-0.3, -0.25) is 4.79 Å². The van der Waals surface area contributed by atoms with Crippen LogP contribution in [-0.2, 0) is 11.2 Å². The van der Waals surface area contributed by atoms with Crippen molar-refractivity contribution in [1.82, 2.24) is 0 Å². The van der Waals surface area contributed by atoms with Crippen molar-refractivity contribution in [1.29, 1.82) is 0 Å². The minimum atomic E-state index is -0.796. The molecule has 4 heteroatoms. The van der Waals surface area contributed by atoms with Gasteiger partial charge in [-0.1, -0.05) is 44.0 Å². The third-order valence-electron chi connectivity index (χ3n) is 2.65. The van der Waals surface area contributed by atoms with Crippen molar-refractivity contribution in [3.05, 3.63) is 35.4 Å². The maximum atomic E-state index is 10.9. The molecule has 0 amide bonds. The standard InChI is InChI=1S/C13H19O2P.CH4O/c1-2-3-4-6-10-7-5-8-11(9-10)12(16)13(14)15;1-2/h5,7-9,12H,2-4,6,16H2,1H3,(H,14,15);2H,1H3. The van der Waals surface area contributed by atoms with E-state index >= 15 is 0 Å². The zero-order valence-electron chi connectivity index (χ0n) is 11.1. The Labute approximate surface area is 111 Å². The Bertz CT molecular complexity index is 353. The number of hydrogen-bond acceptors (Lipinski definition) is 2. The Morgan fingerprint density at radius 1 is 1.33 bits per heavy atom. The fourth-order valence-corrected chi connectivity index (χ4v) is 1.87. The topological polar surface area (TPSA) is 57.5 Å². The number of carbonyl (C=O) groups is 1. The average molecular weight is 270 g/mol. The maximum absolute atomic E-state index is 10.9. The van der Waals surface area contributed by atoms with Gasteiger partial charge in [0.1, 0.15) is 0 Å². The molecular weight excluding hydrogens is 247 g/mol. The van der Waals surface area contributed by atoms with Gasteiger partial charge >= 0.3 is 5.97 Å². The molecule has 2 unspecified atom stereocenters. The molecule has 0 aromatic heterocycles. The first-order valence-corrected chi connectivity index (χ1v) is 6.83. The van der Waals surface area contributed by atoms with Gasteiger partial charge in [0.15, 0.2) is 0 Å². The highest BCUT2D eigenvalue weighted by Gasteiger charge is 2.13. The molecule has 1 aromatic rings. The number of aliphatic hydroxyl groups is 1. The molecule has 0 radical (unpaired) electrons. The zero-order valence-corrected chi connectivity index (χ0v) is 12.2. The van der Waals surface area contributed by atoms with Crippen molar-refractivity contribution in [2.75, 3.05) is 7.11 Å². The second-order valence-electron chi connectivity index (χ2n) is 4.02. The number of unbranched alkanes of at least 4 members (excludes halogenated alkanes) is 2. The quantitative estimate of drug-likeness (QED) is 0.617. The van der Waals surface area contributed by atoms with E-state index in [1.807, 2.05) is 18.2 Å². The molecule has 1 rings (SSSR count). The second kappa shape index (κ2) is 10.0. The minimum absolute atomic E-state index is 0.494. The number of hydrogen-bond donors (Lipinski definition) is 2. The summed E-state index contributed by atoms with van der Waals surface area (Å²) >= 11 is 0. The van der Waals surface area contributed by atoms with Gasteiger partial charge in [0.05, 0.1) is 5.66 Å². The summed E-state index contributed by atoms with van der Waals surface area (Å²) in [6, 6.07) is 7.88. The van der Waals surface area contributed by atoms with E-state index in [4.69, 9.17) is 10.2 Å². The third kappa shape index (κ3) is 6.13. The number of aliphatic hydroxyl groups excluding tert-OH is 1. The molecule has 0 aliphatic heterocycles. The number of benzene rings is 1. The predicted molar refractivity (Wildman–Crippen MR) is 77.9 cm³/mol. The highest BCUT2D eigenvalue weighted by molar-refractivity contribution is 7.18. The molecule has 2 atom stereocenters. The van der Waals surface area contributed by atoms with Crippen molar-refractivity contribution in [3.63, 3.8) is 0 Å². The van der Waals surface area contributed by atoms with Crippen LogP contribution in [0, 0.1) is 0 Å². The van der Waals surface area contributed by atoms with Crippen LogP contribution in [0.5, 0.6) is 0 Å². The van der Waals surface area contributed by atoms with E-state index in [9.17, 15) is 4.79 Å². The monoisotopic (exact) mass is 270 g/mol. The highest BCUT2D eigenvalue weighted by atomic mass is 31.0. The summed E-state index contributed by atoms with van der Waals surface area (Å²) in [6.45, 7) is 2.18. The molecule has 0 aliphatic carbocycles. The van der Waals surface area contributed by atoms with Crippen molar-refractivity contribution >= 4 is 15.2 Å². The summed E-state index contributed by atoms with van der Waals surface area (Å²) in [6.07, 6.45) is 4.65. The molecule has 2 N–H and O–H groups in total. The van der Waals surface area contributed by atoms with Crippen LogP contribution in [-0.4, -0.2) is 23.3 Å². The average Bonchev–Trinajstić information content (AvgIpc) is 2.41. The lowest BCUT2D eigenvalue weighted by Crippen LogP contribution is -2.04. The summed E-state index contributed by atoms with van der Waals surface area (Å²) in [7, 11) is 3.37. The SMILES string of the molecule is CCCCCc1cccc(C(P)C(=O)O)c1.CO. The fraction of sp³-hybridized carbons (Fsp3) is 0.500. The zero-order chi connectivity index (χ0) is 14.0. The lowest BCUT2D eigenvalue weighted by molar-refractivity contribution is -0.136. The van der Waals surface area contributed by atoms with Crippen LogP contribution in [0.3, 0.4) is 0 Å². The van der Waals surface area contributed by atoms with E-state index in [0.29, 0.717) is 0 Å². The van der Waals surface area contributed by atoms with E-state index in [0.717, 1.165) is 19.1 Å². The van der Waals surface area contributed by atoms with Gasteiger partial charge in [-0.05, 0) is 24.0 Å². The molecule has 18 heavy (non-hydrogen) atoms. The number of aliphatic carboxylic acids is 1. The molecule has 0 fully saturated rings. The first-order chi connectivity index (χ1) is 8.65. The Kier molecular flexibility index (Phi) is 9.53. The number of rotatable bonds is 6. The van der Waals surface area contributed by atoms with Crippen LogP contribution in [0.1, 0.15) is 43.0 Å². The van der Waals surface area contributed by atoms with Gasteiger partial charge in [0.25, 0.3) is 0 Å². The lowest BCUT2D eigenvalue weighted by atomic mass is 10.0. The van der Waals surface area contributed by atoms with Crippen LogP contribution in [0.2, 0.25) is 0 Å².